The summed E-state index contributed by atoms with van der Waals surface area (Å²) < 4.78 is 0. The van der Waals surface area contributed by atoms with Crippen molar-refractivity contribution in [2.45, 2.75) is 63.2 Å². The van der Waals surface area contributed by atoms with E-state index in [1.165, 1.54) is 0 Å². The predicted octanol–water partition coefficient (Wildman–Crippen LogP) is 4.46. The van der Waals surface area contributed by atoms with Crippen molar-refractivity contribution in [2.24, 2.45) is 0 Å². The van der Waals surface area contributed by atoms with Crippen LogP contribution in [0.3, 0.4) is 0 Å². The zero-order chi connectivity index (χ0) is 33.3. The van der Waals surface area contributed by atoms with Crippen LogP contribution >= 0.6 is 0 Å². The number of carbonyl (C=O) groups is 2. The van der Waals surface area contributed by atoms with Crippen LogP contribution in [0.4, 0.5) is 16.2 Å². The Morgan fingerprint density at radius 2 is 1.33 bits per heavy atom. The summed E-state index contributed by atoms with van der Waals surface area (Å²) in [7, 11) is 0. The molecule has 4 N–H and O–H groups in total. The molecule has 0 radical (unpaired) electrons. The molecule has 1 aliphatic carbocycles. The molecule has 6 aromatic heterocycles. The third-order valence-corrected chi connectivity index (χ3v) is 10.6. The smallest absolute Gasteiger partial charge is 0.318 e. The van der Waals surface area contributed by atoms with Gasteiger partial charge in [0.05, 0.1) is 23.4 Å². The number of pyridine rings is 4. The molecule has 250 valence electrons. The molecule has 2 unspecified atom stereocenters. The average Bonchev–Trinajstić information content (AvgIpc) is 3.62. The lowest BCUT2D eigenvalue weighted by molar-refractivity contribution is -0.128. The topological polar surface area (TPSA) is 151 Å². The van der Waals surface area contributed by atoms with Gasteiger partial charge in [-0.15, -0.1) is 0 Å². The Bertz CT molecular complexity index is 2240. The molecule has 3 aliphatic rings. The first-order valence-corrected chi connectivity index (χ1v) is 17.2. The molecule has 2 aliphatic heterocycles. The van der Waals surface area contributed by atoms with Crippen molar-refractivity contribution in [1.82, 2.24) is 45.4 Å². The zero-order valence-corrected chi connectivity index (χ0v) is 27.6. The summed E-state index contributed by atoms with van der Waals surface area (Å²) in [5, 5.41) is 10.9. The highest BCUT2D eigenvalue weighted by atomic mass is 16.2. The fraction of sp³-hybridized carbons (Fsp3) is 0.389. The number of fused-ring (bicyclic) bond motifs is 6. The minimum atomic E-state index is -0.827. The van der Waals surface area contributed by atoms with Gasteiger partial charge in [0.1, 0.15) is 5.54 Å². The van der Waals surface area contributed by atoms with Crippen molar-refractivity contribution in [1.29, 1.82) is 0 Å². The van der Waals surface area contributed by atoms with Gasteiger partial charge in [0.2, 0.25) is 5.91 Å². The van der Waals surface area contributed by atoms with E-state index in [2.05, 4.69) is 62.5 Å². The highest BCUT2D eigenvalue weighted by Crippen LogP contribution is 2.44. The molecule has 2 saturated heterocycles. The zero-order valence-electron chi connectivity index (χ0n) is 27.6. The molecular weight excluding hydrogens is 618 g/mol. The van der Waals surface area contributed by atoms with Gasteiger partial charge < -0.3 is 35.3 Å². The summed E-state index contributed by atoms with van der Waals surface area (Å²) in [6.07, 6.45) is 14.1. The number of rotatable bonds is 7. The van der Waals surface area contributed by atoms with Gasteiger partial charge in [-0.3, -0.25) is 4.79 Å². The third kappa shape index (κ3) is 4.89. The van der Waals surface area contributed by atoms with Crippen molar-refractivity contribution >= 4 is 67.2 Å². The van der Waals surface area contributed by atoms with Gasteiger partial charge >= 0.3 is 6.03 Å². The van der Waals surface area contributed by atoms with Crippen LogP contribution in [0.1, 0.15) is 39.5 Å². The van der Waals surface area contributed by atoms with E-state index in [1.807, 2.05) is 50.8 Å². The fourth-order valence-corrected chi connectivity index (χ4v) is 8.18. The molecule has 0 spiro atoms. The lowest BCUT2D eigenvalue weighted by Crippen LogP contribution is -2.60. The number of carbonyl (C=O) groups excluding carboxylic acids is 2. The van der Waals surface area contributed by atoms with Crippen LogP contribution in [0.15, 0.2) is 61.4 Å². The number of aromatic amines is 2. The summed E-state index contributed by atoms with van der Waals surface area (Å²) in [6, 6.07) is 7.82. The SMILES string of the molecule is CC(C)N(C(=O)NC1CCN(c2cc[nH]c3cnc4nccc4c23)C1)C1(C(=O)NC2CCN(c3cc[nH]c4cnc5nccc5c34)C2)CC1. The van der Waals surface area contributed by atoms with Crippen molar-refractivity contribution in [3.05, 3.63) is 61.4 Å². The van der Waals surface area contributed by atoms with Crippen LogP contribution in [-0.4, -0.2) is 96.6 Å². The Hall–Kier alpha value is -5.46. The summed E-state index contributed by atoms with van der Waals surface area (Å²) in [5.41, 5.74) is 4.74. The molecule has 1 saturated carbocycles. The standard InChI is InChI=1S/C36H39N11O2/c1-21(2)47(35(49)44-23-8-16-46(20-23)29-6-14-38-27-18-42-33-25(31(27)29)4-12-40-33)36(9-10-36)34(48)43-22-7-15-45(19-22)28-5-13-37-26-17-41-32-24(30(26)28)3-11-39-32/h3-6,11-14,17-18,21-23,37-38H,7-10,15-16,19-20H2,1-2H3,(H,43,48)(H,44,49). The molecule has 2 atom stereocenters. The van der Waals surface area contributed by atoms with Crippen LogP contribution in [0.2, 0.25) is 0 Å². The van der Waals surface area contributed by atoms with E-state index in [1.54, 1.807) is 17.3 Å². The Morgan fingerprint density at radius 1 is 0.796 bits per heavy atom. The normalized spacial score (nSPS) is 20.2. The van der Waals surface area contributed by atoms with E-state index >= 15 is 0 Å². The second kappa shape index (κ2) is 11.3. The molecule has 13 nitrogen and oxygen atoms in total. The van der Waals surface area contributed by atoms with Gasteiger partial charge in [-0.2, -0.15) is 0 Å². The maximum absolute atomic E-state index is 14.0. The highest BCUT2D eigenvalue weighted by molar-refractivity contribution is 6.11. The van der Waals surface area contributed by atoms with Crippen LogP contribution in [0, 0.1) is 0 Å². The molecule has 0 aromatic carbocycles. The number of amides is 3. The highest BCUT2D eigenvalue weighted by Gasteiger charge is 2.58. The second-order valence-corrected chi connectivity index (χ2v) is 14.0. The molecule has 3 fully saturated rings. The van der Waals surface area contributed by atoms with E-state index in [4.69, 9.17) is 0 Å². The summed E-state index contributed by atoms with van der Waals surface area (Å²) in [5.74, 6) is -0.0535. The minimum absolute atomic E-state index is 0.0166. The lowest BCUT2D eigenvalue weighted by atomic mass is 10.1. The van der Waals surface area contributed by atoms with Crippen LogP contribution in [0.25, 0.3) is 43.9 Å². The van der Waals surface area contributed by atoms with Gasteiger partial charge in [0.25, 0.3) is 0 Å². The van der Waals surface area contributed by atoms with Gasteiger partial charge in [0.15, 0.2) is 11.3 Å². The second-order valence-electron chi connectivity index (χ2n) is 14.0. The maximum Gasteiger partial charge on any atom is 0.318 e. The van der Waals surface area contributed by atoms with Crippen LogP contribution in [0.5, 0.6) is 0 Å². The summed E-state index contributed by atoms with van der Waals surface area (Å²) in [6.45, 7) is 7.00. The van der Waals surface area contributed by atoms with Crippen molar-refractivity contribution in [3.8, 4) is 0 Å². The molecule has 0 bridgehead atoms. The first-order chi connectivity index (χ1) is 23.9. The molecule has 6 aromatic rings. The summed E-state index contributed by atoms with van der Waals surface area (Å²) >= 11 is 0. The monoisotopic (exact) mass is 657 g/mol. The van der Waals surface area contributed by atoms with Crippen molar-refractivity contribution < 1.29 is 9.59 Å². The number of anilines is 2. The number of nitrogens with one attached hydrogen (secondary N) is 4. The Morgan fingerprint density at radius 3 is 1.84 bits per heavy atom. The lowest BCUT2D eigenvalue weighted by Gasteiger charge is -2.36. The fourth-order valence-electron chi connectivity index (χ4n) is 8.18. The molecule has 9 rings (SSSR count). The minimum Gasteiger partial charge on any atom is -0.369 e. The van der Waals surface area contributed by atoms with E-state index in [9.17, 15) is 9.59 Å². The van der Waals surface area contributed by atoms with E-state index in [-0.39, 0.29) is 30.1 Å². The Labute approximate surface area is 282 Å². The number of nitrogens with zero attached hydrogens (tertiary/aromatic N) is 7. The average molecular weight is 658 g/mol. The van der Waals surface area contributed by atoms with Gasteiger partial charge in [-0.05, 0) is 63.8 Å². The number of urea groups is 1. The van der Waals surface area contributed by atoms with Gasteiger partial charge in [-0.1, -0.05) is 0 Å². The van der Waals surface area contributed by atoms with E-state index < -0.39 is 5.54 Å². The molecule has 3 amide bonds. The Kier molecular flexibility index (Phi) is 6.85. The van der Waals surface area contributed by atoms with Crippen molar-refractivity contribution in [3.63, 3.8) is 0 Å². The predicted molar refractivity (Wildman–Crippen MR) is 190 cm³/mol. The molecule has 49 heavy (non-hydrogen) atoms. The largest absolute Gasteiger partial charge is 0.369 e. The van der Waals surface area contributed by atoms with Gasteiger partial charge in [-0.25, -0.2) is 24.7 Å². The third-order valence-electron chi connectivity index (χ3n) is 10.6. The van der Waals surface area contributed by atoms with Crippen LogP contribution < -0.4 is 20.4 Å². The number of H-pyrrole nitrogens is 2. The number of hydrogen-bond acceptors (Lipinski definition) is 8. The summed E-state index contributed by atoms with van der Waals surface area (Å²) in [4.78, 5) is 58.8. The maximum atomic E-state index is 14.0. The number of aromatic nitrogens is 6. The number of hydrogen-bond donors (Lipinski definition) is 4. The van der Waals surface area contributed by atoms with Crippen LogP contribution in [-0.2, 0) is 4.79 Å². The molecule has 13 heteroatoms. The van der Waals surface area contributed by atoms with Gasteiger partial charge in [0, 0.05) is 102 Å². The molecular formula is C36H39N11O2. The first-order valence-electron chi connectivity index (χ1n) is 17.2. The Balaban J connectivity index is 0.882. The first kappa shape index (κ1) is 29.7. The molecule has 8 heterocycles. The van der Waals surface area contributed by atoms with E-state index in [0.717, 1.165) is 81.2 Å². The quantitative estimate of drug-likeness (QED) is 0.197. The van der Waals surface area contributed by atoms with Crippen molar-refractivity contribution in [2.75, 3.05) is 36.0 Å². The van der Waals surface area contributed by atoms with E-state index in [0.29, 0.717) is 25.9 Å².